The van der Waals surface area contributed by atoms with Crippen molar-refractivity contribution in [2.75, 3.05) is 14.2 Å². The van der Waals surface area contributed by atoms with Crippen molar-refractivity contribution in [3.05, 3.63) is 63.8 Å². The molecule has 0 radical (unpaired) electrons. The molecule has 4 rings (SSSR count). The Morgan fingerprint density at radius 2 is 1.97 bits per heavy atom. The Kier molecular flexibility index (Phi) is 4.62. The minimum absolute atomic E-state index is 0.0720. The van der Waals surface area contributed by atoms with Gasteiger partial charge in [-0.1, -0.05) is 19.9 Å². The summed E-state index contributed by atoms with van der Waals surface area (Å²) in [5.74, 6) is 0.260. The maximum atomic E-state index is 13.6. The molecule has 2 aromatic carbocycles. The number of esters is 1. The number of nitrogens with zero attached hydrogens (tertiary/aromatic N) is 1. The predicted molar refractivity (Wildman–Crippen MR) is 112 cm³/mol. The lowest BCUT2D eigenvalue weighted by molar-refractivity contribution is -0.140. The van der Waals surface area contributed by atoms with Crippen LogP contribution in [0.15, 0.2) is 30.3 Å². The minimum atomic E-state index is -0.474. The lowest BCUT2D eigenvalue weighted by Gasteiger charge is -2.33. The van der Waals surface area contributed by atoms with Gasteiger partial charge in [0.25, 0.3) is 0 Å². The van der Waals surface area contributed by atoms with E-state index in [1.165, 1.54) is 7.11 Å². The van der Waals surface area contributed by atoms with Gasteiger partial charge in [-0.2, -0.15) is 5.26 Å². The Morgan fingerprint density at radius 1 is 1.20 bits per heavy atom. The molecule has 0 saturated heterocycles. The van der Waals surface area contributed by atoms with E-state index < -0.39 is 5.41 Å². The van der Waals surface area contributed by atoms with E-state index in [0.29, 0.717) is 28.9 Å². The second kappa shape index (κ2) is 7.03. The summed E-state index contributed by atoms with van der Waals surface area (Å²) in [5, 5.41) is 10.0. The van der Waals surface area contributed by atoms with E-state index in [0.717, 1.165) is 27.7 Å². The van der Waals surface area contributed by atoms with E-state index >= 15 is 0 Å². The fourth-order valence-corrected chi connectivity index (χ4v) is 4.29. The molecule has 1 N–H and O–H groups in total. The summed E-state index contributed by atoms with van der Waals surface area (Å²) >= 11 is 0. The number of benzene rings is 2. The number of nitrogens with one attached hydrogen (secondary N) is 1. The summed E-state index contributed by atoms with van der Waals surface area (Å²) in [6.07, 6.45) is 0.627. The number of hydrogen-bond acceptors (Lipinski definition) is 5. The summed E-state index contributed by atoms with van der Waals surface area (Å²) in [6.45, 7) is 4.12. The zero-order valence-electron chi connectivity index (χ0n) is 17.4. The summed E-state index contributed by atoms with van der Waals surface area (Å²) < 4.78 is 10.3. The van der Waals surface area contributed by atoms with Gasteiger partial charge in [-0.3, -0.25) is 9.59 Å². The molecule has 152 valence electrons. The van der Waals surface area contributed by atoms with E-state index in [4.69, 9.17) is 9.47 Å². The Balaban J connectivity index is 1.90. The number of carbonyl (C=O) groups is 2. The molecule has 1 heterocycles. The van der Waals surface area contributed by atoms with Crippen LogP contribution in [0.5, 0.6) is 5.75 Å². The third kappa shape index (κ3) is 2.86. The van der Waals surface area contributed by atoms with Crippen LogP contribution in [0.1, 0.15) is 58.6 Å². The lowest BCUT2D eigenvalue weighted by Crippen LogP contribution is -2.30. The van der Waals surface area contributed by atoms with Gasteiger partial charge >= 0.3 is 5.97 Å². The van der Waals surface area contributed by atoms with Gasteiger partial charge < -0.3 is 14.5 Å². The Bertz CT molecular complexity index is 1240. The Morgan fingerprint density at radius 3 is 2.63 bits per heavy atom. The number of methoxy groups -OCH3 is 2. The molecular weight excluding hydrogens is 380 g/mol. The van der Waals surface area contributed by atoms with Crippen LogP contribution in [0.3, 0.4) is 0 Å². The average molecular weight is 402 g/mol. The maximum Gasteiger partial charge on any atom is 0.305 e. The van der Waals surface area contributed by atoms with Crippen LogP contribution in [0.2, 0.25) is 0 Å². The first-order chi connectivity index (χ1) is 14.3. The average Bonchev–Trinajstić information content (AvgIpc) is 3.15. The number of ether oxygens (including phenoxy) is 2. The molecule has 1 aromatic heterocycles. The van der Waals surface area contributed by atoms with Crippen molar-refractivity contribution < 1.29 is 19.1 Å². The van der Waals surface area contributed by atoms with Crippen LogP contribution in [0.25, 0.3) is 10.9 Å². The minimum Gasteiger partial charge on any atom is -0.496 e. The number of fused-ring (bicyclic) bond motifs is 4. The summed E-state index contributed by atoms with van der Waals surface area (Å²) in [5.41, 5.74) is 4.57. The quantitative estimate of drug-likeness (QED) is 0.666. The Hall–Kier alpha value is -3.59. The SMILES string of the molecule is COC(=O)CCc1cc2c(cc1OC)C(C)(C)c1[nH]c3cc(C#N)ccc3c1C2=O. The normalized spacial score (nSPS) is 14.0. The topological polar surface area (TPSA) is 92.2 Å². The van der Waals surface area contributed by atoms with Crippen molar-refractivity contribution in [1.29, 1.82) is 5.26 Å². The molecule has 6 nitrogen and oxygen atoms in total. The highest BCUT2D eigenvalue weighted by Crippen LogP contribution is 2.45. The number of nitriles is 1. The van der Waals surface area contributed by atoms with Crippen LogP contribution in [0.4, 0.5) is 0 Å². The van der Waals surface area contributed by atoms with Crippen molar-refractivity contribution >= 4 is 22.7 Å². The number of aryl methyl sites for hydroxylation is 1. The Labute approximate surface area is 174 Å². The highest BCUT2D eigenvalue weighted by Gasteiger charge is 2.40. The summed E-state index contributed by atoms with van der Waals surface area (Å²) in [4.78, 5) is 28.5. The lowest BCUT2D eigenvalue weighted by atomic mass is 9.70. The van der Waals surface area contributed by atoms with E-state index in [-0.39, 0.29) is 18.2 Å². The monoisotopic (exact) mass is 402 g/mol. The van der Waals surface area contributed by atoms with Gasteiger partial charge in [-0.05, 0) is 41.8 Å². The number of rotatable bonds is 4. The van der Waals surface area contributed by atoms with Crippen LogP contribution in [-0.2, 0) is 21.4 Å². The first-order valence-corrected chi connectivity index (χ1v) is 9.71. The van der Waals surface area contributed by atoms with Crippen LogP contribution in [0, 0.1) is 11.3 Å². The van der Waals surface area contributed by atoms with E-state index in [1.807, 2.05) is 18.2 Å². The predicted octanol–water partition coefficient (Wildman–Crippen LogP) is 4.02. The number of ketones is 1. The van der Waals surface area contributed by atoms with E-state index in [2.05, 4.69) is 24.9 Å². The van der Waals surface area contributed by atoms with Crippen molar-refractivity contribution in [2.45, 2.75) is 32.1 Å². The molecule has 3 aromatic rings. The second-order valence-electron chi connectivity index (χ2n) is 7.99. The van der Waals surface area contributed by atoms with Crippen LogP contribution in [-0.4, -0.2) is 31.0 Å². The molecule has 0 saturated carbocycles. The van der Waals surface area contributed by atoms with Gasteiger partial charge in [-0.15, -0.1) is 0 Å². The van der Waals surface area contributed by atoms with Crippen LogP contribution < -0.4 is 4.74 Å². The highest BCUT2D eigenvalue weighted by atomic mass is 16.5. The molecule has 0 aliphatic heterocycles. The molecule has 30 heavy (non-hydrogen) atoms. The maximum absolute atomic E-state index is 13.6. The molecule has 0 atom stereocenters. The largest absolute Gasteiger partial charge is 0.496 e. The zero-order chi connectivity index (χ0) is 21.6. The van der Waals surface area contributed by atoms with Crippen molar-refractivity contribution in [3.63, 3.8) is 0 Å². The number of H-pyrrole nitrogens is 1. The number of aromatic nitrogens is 1. The van der Waals surface area contributed by atoms with Gasteiger partial charge in [0.2, 0.25) is 0 Å². The number of carbonyl (C=O) groups excluding carboxylic acids is 2. The number of hydrogen-bond donors (Lipinski definition) is 1. The summed E-state index contributed by atoms with van der Waals surface area (Å²) in [7, 11) is 2.94. The highest BCUT2D eigenvalue weighted by molar-refractivity contribution is 6.20. The second-order valence-corrected chi connectivity index (χ2v) is 7.99. The van der Waals surface area contributed by atoms with Crippen molar-refractivity contribution in [3.8, 4) is 11.8 Å². The van der Waals surface area contributed by atoms with Gasteiger partial charge in [-0.25, -0.2) is 0 Å². The molecule has 0 fully saturated rings. The molecule has 0 spiro atoms. The molecule has 6 heteroatoms. The fraction of sp³-hybridized carbons (Fsp3) is 0.292. The molecule has 0 bridgehead atoms. The molecule has 1 aliphatic rings. The molecule has 1 aliphatic carbocycles. The van der Waals surface area contributed by atoms with E-state index in [9.17, 15) is 14.9 Å². The first-order valence-electron chi connectivity index (χ1n) is 9.71. The standard InChI is InChI=1S/C24H22N2O4/c1-24(2)17-11-19(29-3)14(6-8-20(27)30-4)10-16(17)22(28)21-15-7-5-13(12-25)9-18(15)26-23(21)24/h5,7,9-11,26H,6,8H2,1-4H3. The summed E-state index contributed by atoms with van der Waals surface area (Å²) in [6, 6.07) is 11.2. The molecule has 0 unspecified atom stereocenters. The van der Waals surface area contributed by atoms with Gasteiger partial charge in [0.15, 0.2) is 5.78 Å². The van der Waals surface area contributed by atoms with Gasteiger partial charge in [0, 0.05) is 34.0 Å². The van der Waals surface area contributed by atoms with Gasteiger partial charge in [0.05, 0.1) is 31.4 Å². The fourth-order valence-electron chi connectivity index (χ4n) is 4.29. The van der Waals surface area contributed by atoms with Crippen molar-refractivity contribution in [1.82, 2.24) is 4.98 Å². The van der Waals surface area contributed by atoms with Gasteiger partial charge in [0.1, 0.15) is 5.75 Å². The third-order valence-corrected chi connectivity index (χ3v) is 5.94. The molecular formula is C24H22N2O4. The third-order valence-electron chi connectivity index (χ3n) is 5.94. The number of aromatic amines is 1. The zero-order valence-corrected chi connectivity index (χ0v) is 17.4. The van der Waals surface area contributed by atoms with Crippen molar-refractivity contribution in [2.24, 2.45) is 0 Å². The smallest absolute Gasteiger partial charge is 0.305 e. The van der Waals surface area contributed by atoms with E-state index in [1.54, 1.807) is 19.2 Å². The van der Waals surface area contributed by atoms with Crippen LogP contribution >= 0.6 is 0 Å². The first kappa shape index (κ1) is 19.7. The molecule has 0 amide bonds.